The van der Waals surface area contributed by atoms with E-state index in [4.69, 9.17) is 25.8 Å². The zero-order chi connectivity index (χ0) is 20.1. The molecule has 148 valence electrons. The van der Waals surface area contributed by atoms with Gasteiger partial charge in [0.25, 0.3) is 5.91 Å². The Morgan fingerprint density at radius 2 is 1.96 bits per heavy atom. The number of hydrogen-bond donors (Lipinski definition) is 0. The van der Waals surface area contributed by atoms with Crippen LogP contribution >= 0.6 is 11.6 Å². The molecule has 2 aromatic carbocycles. The molecular weight excluding hydrogens is 388 g/mol. The number of benzene rings is 2. The Morgan fingerprint density at radius 3 is 2.68 bits per heavy atom. The highest BCUT2D eigenvalue weighted by atomic mass is 35.5. The van der Waals surface area contributed by atoms with Crippen LogP contribution in [0.25, 0.3) is 0 Å². The summed E-state index contributed by atoms with van der Waals surface area (Å²) in [5, 5.41) is 11.3. The van der Waals surface area contributed by atoms with E-state index < -0.39 is 4.92 Å². The lowest BCUT2D eigenvalue weighted by atomic mass is 10.1. The topological polar surface area (TPSA) is 91.1 Å². The second kappa shape index (κ2) is 8.79. The number of nitrogens with zero attached hydrogens (tertiary/aromatic N) is 2. The molecule has 0 unspecified atom stereocenters. The van der Waals surface area contributed by atoms with Crippen LogP contribution in [0.15, 0.2) is 36.4 Å². The van der Waals surface area contributed by atoms with E-state index in [2.05, 4.69) is 0 Å². The highest BCUT2D eigenvalue weighted by molar-refractivity contribution is 6.30. The molecule has 0 radical (unpaired) electrons. The summed E-state index contributed by atoms with van der Waals surface area (Å²) in [6, 6.07) is 9.57. The average Bonchev–Trinajstić information content (AvgIpc) is 2.70. The van der Waals surface area contributed by atoms with E-state index >= 15 is 0 Å². The van der Waals surface area contributed by atoms with Gasteiger partial charge in [0.1, 0.15) is 13.2 Å². The highest BCUT2D eigenvalue weighted by Crippen LogP contribution is 2.32. The van der Waals surface area contributed by atoms with Crippen molar-refractivity contribution in [1.29, 1.82) is 0 Å². The number of rotatable bonds is 7. The molecule has 1 heterocycles. The summed E-state index contributed by atoms with van der Waals surface area (Å²) >= 11 is 5.78. The number of nitro groups is 1. The van der Waals surface area contributed by atoms with E-state index in [1.807, 2.05) is 25.1 Å². The van der Waals surface area contributed by atoms with Gasteiger partial charge in [-0.1, -0.05) is 17.7 Å². The number of amides is 1. The van der Waals surface area contributed by atoms with E-state index in [9.17, 15) is 14.9 Å². The summed E-state index contributed by atoms with van der Waals surface area (Å²) in [4.78, 5) is 24.6. The van der Waals surface area contributed by atoms with Gasteiger partial charge in [-0.25, -0.2) is 0 Å². The number of fused-ring (bicyclic) bond motifs is 1. The first kappa shape index (κ1) is 19.8. The summed E-state index contributed by atoms with van der Waals surface area (Å²) in [6.45, 7) is 3.35. The van der Waals surface area contributed by atoms with Crippen molar-refractivity contribution < 1.29 is 23.9 Å². The summed E-state index contributed by atoms with van der Waals surface area (Å²) < 4.78 is 16.4. The Hall–Kier alpha value is -3.00. The molecule has 1 aliphatic rings. The van der Waals surface area contributed by atoms with E-state index in [0.717, 1.165) is 5.56 Å². The third-order valence-corrected chi connectivity index (χ3v) is 4.42. The third-order valence-electron chi connectivity index (χ3n) is 4.18. The van der Waals surface area contributed by atoms with Crippen molar-refractivity contribution in [2.45, 2.75) is 13.5 Å². The third kappa shape index (κ3) is 4.64. The molecule has 0 bridgehead atoms. The summed E-state index contributed by atoms with van der Waals surface area (Å²) in [5.41, 5.74) is 0.604. The van der Waals surface area contributed by atoms with Crippen molar-refractivity contribution in [1.82, 2.24) is 4.90 Å². The molecule has 0 aliphatic carbocycles. The smallest absolute Gasteiger partial charge is 0.312 e. The fraction of sp³-hybridized carbons (Fsp3) is 0.316. The van der Waals surface area contributed by atoms with Crippen molar-refractivity contribution >= 4 is 23.2 Å². The molecule has 0 aromatic heterocycles. The van der Waals surface area contributed by atoms with Crippen LogP contribution in [0.4, 0.5) is 5.69 Å². The van der Waals surface area contributed by atoms with Crippen LogP contribution in [0.2, 0.25) is 5.02 Å². The first-order valence-corrected chi connectivity index (χ1v) is 9.08. The SMILES string of the molecule is CCN(Cc1ccc2c(c1)OCCO2)C(=O)COc1ccc(Cl)cc1[N+](=O)[O-]. The number of likely N-dealkylation sites (N-methyl/N-ethyl adjacent to an activating group) is 1. The van der Waals surface area contributed by atoms with Gasteiger partial charge < -0.3 is 19.1 Å². The molecule has 9 heteroatoms. The summed E-state index contributed by atoms with van der Waals surface area (Å²) in [6.07, 6.45) is 0. The number of carbonyl (C=O) groups is 1. The van der Waals surface area contributed by atoms with Crippen molar-refractivity contribution in [2.24, 2.45) is 0 Å². The van der Waals surface area contributed by atoms with E-state index in [1.54, 1.807) is 4.90 Å². The monoisotopic (exact) mass is 406 g/mol. The van der Waals surface area contributed by atoms with Crippen LogP contribution in [-0.2, 0) is 11.3 Å². The fourth-order valence-electron chi connectivity index (χ4n) is 2.77. The minimum atomic E-state index is -0.599. The molecule has 0 N–H and O–H groups in total. The summed E-state index contributed by atoms with van der Waals surface area (Å²) in [7, 11) is 0. The Balaban J connectivity index is 1.65. The lowest BCUT2D eigenvalue weighted by molar-refractivity contribution is -0.385. The molecule has 1 aliphatic heterocycles. The Labute approximate surface area is 166 Å². The van der Waals surface area contributed by atoms with Crippen molar-refractivity contribution in [3.63, 3.8) is 0 Å². The largest absolute Gasteiger partial charge is 0.486 e. The molecule has 8 nitrogen and oxygen atoms in total. The van der Waals surface area contributed by atoms with Gasteiger partial charge in [0.05, 0.1) is 4.92 Å². The van der Waals surface area contributed by atoms with Gasteiger partial charge in [-0.2, -0.15) is 0 Å². The maximum absolute atomic E-state index is 12.5. The molecule has 0 saturated carbocycles. The summed E-state index contributed by atoms with van der Waals surface area (Å²) in [5.74, 6) is 1.04. The molecule has 0 saturated heterocycles. The molecular formula is C19H19ClN2O6. The Kier molecular flexibility index (Phi) is 6.20. The van der Waals surface area contributed by atoms with Crippen molar-refractivity contribution in [2.75, 3.05) is 26.4 Å². The second-order valence-corrected chi connectivity index (χ2v) is 6.48. The van der Waals surface area contributed by atoms with Gasteiger partial charge in [0, 0.05) is 24.2 Å². The molecule has 0 fully saturated rings. The van der Waals surface area contributed by atoms with Gasteiger partial charge in [0.2, 0.25) is 0 Å². The van der Waals surface area contributed by atoms with Crippen LogP contribution < -0.4 is 14.2 Å². The van der Waals surface area contributed by atoms with E-state index in [0.29, 0.717) is 37.8 Å². The van der Waals surface area contributed by atoms with E-state index in [1.165, 1.54) is 18.2 Å². The number of ether oxygens (including phenoxy) is 3. The van der Waals surface area contributed by atoms with Crippen LogP contribution in [0, 0.1) is 10.1 Å². The Bertz CT molecular complexity index is 889. The lowest BCUT2D eigenvalue weighted by Gasteiger charge is -2.23. The first-order chi connectivity index (χ1) is 13.5. The zero-order valence-electron chi connectivity index (χ0n) is 15.2. The number of hydrogen-bond acceptors (Lipinski definition) is 6. The molecule has 0 spiro atoms. The van der Waals surface area contributed by atoms with Gasteiger partial charge >= 0.3 is 5.69 Å². The fourth-order valence-corrected chi connectivity index (χ4v) is 2.94. The molecule has 2 aromatic rings. The van der Waals surface area contributed by atoms with Crippen LogP contribution in [0.1, 0.15) is 12.5 Å². The van der Waals surface area contributed by atoms with Crippen molar-refractivity contribution in [3.8, 4) is 17.2 Å². The zero-order valence-corrected chi connectivity index (χ0v) is 16.0. The second-order valence-electron chi connectivity index (χ2n) is 6.04. The molecule has 28 heavy (non-hydrogen) atoms. The van der Waals surface area contributed by atoms with Gasteiger partial charge in [0.15, 0.2) is 23.9 Å². The van der Waals surface area contributed by atoms with E-state index in [-0.39, 0.29) is 29.0 Å². The van der Waals surface area contributed by atoms with Crippen LogP contribution in [0.5, 0.6) is 17.2 Å². The predicted molar refractivity (Wildman–Crippen MR) is 102 cm³/mol. The lowest BCUT2D eigenvalue weighted by Crippen LogP contribution is -2.34. The average molecular weight is 407 g/mol. The van der Waals surface area contributed by atoms with Crippen molar-refractivity contribution in [3.05, 3.63) is 57.1 Å². The predicted octanol–water partition coefficient (Wildman–Crippen LogP) is 3.45. The molecule has 0 atom stereocenters. The quantitative estimate of drug-likeness (QED) is 0.516. The number of carbonyl (C=O) groups excluding carboxylic acids is 1. The number of halogens is 1. The normalized spacial score (nSPS) is 12.4. The number of nitro benzene ring substituents is 1. The standard InChI is InChI=1S/C19H19ClN2O6/c1-2-21(11-13-3-5-17-18(9-13)27-8-7-26-17)19(23)12-28-16-6-4-14(20)10-15(16)22(24)25/h3-6,9-10H,2,7-8,11-12H2,1H3. The minimum Gasteiger partial charge on any atom is -0.486 e. The van der Waals surface area contributed by atoms with Crippen LogP contribution in [0.3, 0.4) is 0 Å². The van der Waals surface area contributed by atoms with Gasteiger partial charge in [-0.05, 0) is 36.8 Å². The van der Waals surface area contributed by atoms with Gasteiger partial charge in [-0.3, -0.25) is 14.9 Å². The van der Waals surface area contributed by atoms with Crippen LogP contribution in [-0.4, -0.2) is 42.1 Å². The minimum absolute atomic E-state index is 0.00173. The van der Waals surface area contributed by atoms with Gasteiger partial charge in [-0.15, -0.1) is 0 Å². The highest BCUT2D eigenvalue weighted by Gasteiger charge is 2.20. The molecule has 1 amide bonds. The maximum atomic E-state index is 12.5. The maximum Gasteiger partial charge on any atom is 0.312 e. The Morgan fingerprint density at radius 1 is 1.21 bits per heavy atom. The first-order valence-electron chi connectivity index (χ1n) is 8.71. The molecule has 3 rings (SSSR count).